The van der Waals surface area contributed by atoms with Crippen molar-refractivity contribution in [1.82, 2.24) is 0 Å². The van der Waals surface area contributed by atoms with Gasteiger partial charge in [0.05, 0.1) is 0 Å². The molecule has 0 amide bonds. The Kier molecular flexibility index (Phi) is 10.7. The Balaban J connectivity index is 0.00000225. The predicted octanol–water partition coefficient (Wildman–Crippen LogP) is -2.75. The molecule has 0 aromatic heterocycles. The van der Waals surface area contributed by atoms with Gasteiger partial charge in [-0.3, -0.25) is 0 Å². The zero-order valence-corrected chi connectivity index (χ0v) is 22.0. The van der Waals surface area contributed by atoms with Gasteiger partial charge in [-0.2, -0.15) is 0 Å². The van der Waals surface area contributed by atoms with Crippen molar-refractivity contribution in [1.29, 1.82) is 0 Å². The second kappa shape index (κ2) is 10.5. The van der Waals surface area contributed by atoms with E-state index in [-0.39, 0.29) is 42.3 Å². The van der Waals surface area contributed by atoms with Crippen LogP contribution in [0.5, 0.6) is 0 Å². The van der Waals surface area contributed by atoms with Crippen LogP contribution >= 0.6 is 0 Å². The molecule has 3 rings (SSSR count). The van der Waals surface area contributed by atoms with Gasteiger partial charge in [-0.25, -0.2) is 0 Å². The third-order valence-electron chi connectivity index (χ3n) is 7.58. The minimum atomic E-state index is -1.74. The monoisotopic (exact) mass is 476 g/mol. The maximum atomic E-state index is 2.71. The summed E-state index contributed by atoms with van der Waals surface area (Å²) in [6, 6.07) is 11.6. The van der Waals surface area contributed by atoms with Gasteiger partial charge < -0.3 is 37.2 Å². The molecule has 2 unspecified atom stereocenters. The summed E-state index contributed by atoms with van der Waals surface area (Å²) in [5, 5.41) is 1.94. The van der Waals surface area contributed by atoms with Gasteiger partial charge in [0.25, 0.3) is 0 Å². The molecule has 0 spiro atoms. The largest absolute Gasteiger partial charge is 1.00 e. The van der Waals surface area contributed by atoms with Crippen LogP contribution in [0.1, 0.15) is 59.8 Å². The van der Waals surface area contributed by atoms with Crippen molar-refractivity contribution in [2.75, 3.05) is 0 Å². The first kappa shape index (κ1) is 27.5. The van der Waals surface area contributed by atoms with Gasteiger partial charge in [0.2, 0.25) is 0 Å². The van der Waals surface area contributed by atoms with Crippen molar-refractivity contribution >= 4 is 13.3 Å². The van der Waals surface area contributed by atoms with Gasteiger partial charge in [-0.1, -0.05) is 0 Å². The Morgan fingerprint density at radius 1 is 0.889 bits per heavy atom. The first-order chi connectivity index (χ1) is 11.3. The molecule has 0 N–H and O–H groups in total. The molecule has 2 aliphatic rings. The number of hydrogen-bond donors (Lipinski definition) is 0. The minimum absolute atomic E-state index is 0. The topological polar surface area (TPSA) is 0 Å². The van der Waals surface area contributed by atoms with E-state index < -0.39 is 8.07 Å². The number of rotatable bonds is 3. The molecule has 2 aliphatic carbocycles. The molecule has 1 saturated carbocycles. The minimum Gasteiger partial charge on any atom is -1.00 e. The van der Waals surface area contributed by atoms with Gasteiger partial charge in [0, 0.05) is 0 Å². The molecule has 27 heavy (non-hydrogen) atoms. The molecular weight excluding hydrogens is 447 g/mol. The first-order valence-corrected chi connectivity index (χ1v) is 12.9. The van der Waals surface area contributed by atoms with E-state index in [0.717, 1.165) is 5.54 Å². The van der Waals surface area contributed by atoms with Crippen molar-refractivity contribution in [3.63, 3.8) is 0 Å². The Morgan fingerprint density at radius 3 is 1.85 bits per heavy atom. The van der Waals surface area contributed by atoms with Crippen LogP contribution in [-0.4, -0.2) is 8.07 Å². The molecule has 1 aromatic carbocycles. The van der Waals surface area contributed by atoms with Crippen molar-refractivity contribution in [3.05, 3.63) is 50.9 Å². The summed E-state index contributed by atoms with van der Waals surface area (Å²) in [6.45, 7) is 12.4. The normalized spacial score (nSPS) is 25.3. The molecule has 0 aliphatic heterocycles. The molecule has 0 heterocycles. The SMILES string of the molecule is CC1=C(C)C(C)([Si](C)(c2ccccc2)C2CCCCC2)[C]([Ti+3])=C1C.[Cl-].[Cl-].[Cl-]. The summed E-state index contributed by atoms with van der Waals surface area (Å²) in [7, 11) is -1.74. The average Bonchev–Trinajstić information content (AvgIpc) is 2.79. The van der Waals surface area contributed by atoms with E-state index in [1.165, 1.54) is 32.1 Å². The third-order valence-corrected chi connectivity index (χ3v) is 15.8. The number of allylic oxidation sites excluding steroid dienone is 4. The van der Waals surface area contributed by atoms with Gasteiger partial charge in [-0.05, 0) is 0 Å². The van der Waals surface area contributed by atoms with Crippen LogP contribution in [0.25, 0.3) is 0 Å². The molecule has 1 aromatic rings. The van der Waals surface area contributed by atoms with E-state index >= 15 is 0 Å². The zero-order chi connectivity index (χ0) is 17.5. The van der Waals surface area contributed by atoms with E-state index in [1.807, 2.05) is 0 Å². The van der Waals surface area contributed by atoms with Crippen LogP contribution in [0.15, 0.2) is 50.9 Å². The predicted molar refractivity (Wildman–Crippen MR) is 104 cm³/mol. The first-order valence-electron chi connectivity index (χ1n) is 9.52. The van der Waals surface area contributed by atoms with E-state index in [4.69, 9.17) is 0 Å². The fourth-order valence-electron chi connectivity index (χ4n) is 5.45. The van der Waals surface area contributed by atoms with Crippen LogP contribution in [-0.2, 0) is 20.4 Å². The molecule has 5 heteroatoms. The van der Waals surface area contributed by atoms with Gasteiger partial charge >= 0.3 is 162 Å². The van der Waals surface area contributed by atoms with E-state index in [2.05, 4.69) is 85.0 Å². The van der Waals surface area contributed by atoms with Crippen LogP contribution < -0.4 is 42.4 Å². The third kappa shape index (κ3) is 4.21. The Hall–Kier alpha value is 0.501. The molecule has 2 atom stereocenters. The number of benzene rings is 1. The zero-order valence-electron chi connectivity index (χ0n) is 17.1. The summed E-state index contributed by atoms with van der Waals surface area (Å²) < 4.78 is 1.65. The summed E-state index contributed by atoms with van der Waals surface area (Å²) >= 11 is 2.42. The van der Waals surface area contributed by atoms with Gasteiger partial charge in [0.15, 0.2) is 0 Å². The summed E-state index contributed by atoms with van der Waals surface area (Å²) in [5.74, 6) is 0. The molecule has 0 saturated heterocycles. The number of hydrogen-bond acceptors (Lipinski definition) is 0. The van der Waals surface area contributed by atoms with Gasteiger partial charge in [0.1, 0.15) is 0 Å². The maximum Gasteiger partial charge on any atom is -1.00 e. The maximum absolute atomic E-state index is 2.71. The summed E-state index contributed by atoms with van der Waals surface area (Å²) in [6.07, 6.45) is 7.17. The molecule has 1 fully saturated rings. The quantitative estimate of drug-likeness (QED) is 0.414. The van der Waals surface area contributed by atoms with Crippen molar-refractivity contribution in [3.8, 4) is 0 Å². The smallest absolute Gasteiger partial charge is 1.00 e. The van der Waals surface area contributed by atoms with Crippen molar-refractivity contribution in [2.24, 2.45) is 0 Å². The summed E-state index contributed by atoms with van der Waals surface area (Å²) in [5.41, 5.74) is 5.67. The second-order valence-electron chi connectivity index (χ2n) is 8.28. The van der Waals surface area contributed by atoms with Crippen LogP contribution in [0, 0.1) is 0 Å². The van der Waals surface area contributed by atoms with Crippen LogP contribution in [0.4, 0.5) is 0 Å². The summed E-state index contributed by atoms with van der Waals surface area (Å²) in [4.78, 5) is 0. The second-order valence-corrected chi connectivity index (χ2v) is 13.9. The average molecular weight is 478 g/mol. The van der Waals surface area contributed by atoms with Crippen molar-refractivity contribution in [2.45, 2.75) is 76.9 Å². The fourth-order valence-corrected chi connectivity index (χ4v) is 13.2. The fraction of sp³-hybridized carbons (Fsp3) is 0.545. The van der Waals surface area contributed by atoms with Crippen LogP contribution in [0.3, 0.4) is 0 Å². The Morgan fingerprint density at radius 2 is 1.41 bits per heavy atom. The Bertz CT molecular complexity index is 669. The molecule has 0 nitrogen and oxygen atoms in total. The standard InChI is InChI=1S/C22H31Si.3ClH.Ti/c1-17-16-22(4,19(3)18(17)2)23(5,20-12-8-6-9-13-20)21-14-10-7-11-15-21;;;;/h6,8-9,12-13,21H,7,10-11,14-15H2,1-5H3;3*1H;/q;;;;+3/p-3. The molecular formula is C22H31Cl3SiTi. The molecule has 148 valence electrons. The molecule has 0 radical (unpaired) electrons. The van der Waals surface area contributed by atoms with Gasteiger partial charge in [-0.15, -0.1) is 0 Å². The Labute approximate surface area is 197 Å². The van der Waals surface area contributed by atoms with Crippen molar-refractivity contribution < 1.29 is 57.7 Å². The van der Waals surface area contributed by atoms with E-state index in [9.17, 15) is 0 Å². The van der Waals surface area contributed by atoms with E-state index in [0.29, 0.717) is 0 Å². The van der Waals surface area contributed by atoms with Crippen LogP contribution in [0.2, 0.25) is 17.1 Å². The molecule has 0 bridgehead atoms. The van der Waals surface area contributed by atoms with E-state index in [1.54, 1.807) is 25.8 Å². The number of halogens is 3.